The zero-order valence-corrected chi connectivity index (χ0v) is 18.6. The first-order valence-electron chi connectivity index (χ1n) is 11.5. The third-order valence-corrected chi connectivity index (χ3v) is 7.91. The van der Waals surface area contributed by atoms with Gasteiger partial charge in [-0.2, -0.15) is 0 Å². The number of ketones is 1. The van der Waals surface area contributed by atoms with Crippen LogP contribution in [0.5, 0.6) is 0 Å². The van der Waals surface area contributed by atoms with Gasteiger partial charge in [-0.3, -0.25) is 4.79 Å². The summed E-state index contributed by atoms with van der Waals surface area (Å²) in [6.45, 7) is 5.41. The van der Waals surface area contributed by atoms with Crippen LogP contribution in [0.2, 0.25) is 0 Å². The fraction of sp³-hybridized carbons (Fsp3) is 0.654. The zero-order chi connectivity index (χ0) is 20.4. The number of benzene rings is 1. The quantitative estimate of drug-likeness (QED) is 0.747. The number of hydrogen-bond acceptors (Lipinski definition) is 3. The summed E-state index contributed by atoms with van der Waals surface area (Å²) in [5.41, 5.74) is 4.87. The van der Waals surface area contributed by atoms with Crippen molar-refractivity contribution >= 4 is 11.5 Å². The van der Waals surface area contributed by atoms with Gasteiger partial charge in [-0.15, -0.1) is 0 Å². The van der Waals surface area contributed by atoms with Gasteiger partial charge >= 0.3 is 0 Å². The highest BCUT2D eigenvalue weighted by Crippen LogP contribution is 2.60. The van der Waals surface area contributed by atoms with Gasteiger partial charge in [0.05, 0.1) is 0 Å². The summed E-state index contributed by atoms with van der Waals surface area (Å²) in [6, 6.07) is 6.83. The number of rotatable bonds is 4. The first-order valence-corrected chi connectivity index (χ1v) is 11.5. The van der Waals surface area contributed by atoms with E-state index < -0.39 is 0 Å². The van der Waals surface area contributed by atoms with Crippen LogP contribution in [-0.4, -0.2) is 30.3 Å². The number of nitrogens with zero attached hydrogens (tertiary/aromatic N) is 1. The number of hydrogen-bond donors (Lipinski definition) is 1. The Balaban J connectivity index is 1.50. The minimum atomic E-state index is -0.0631. The van der Waals surface area contributed by atoms with Gasteiger partial charge in [0.2, 0.25) is 0 Å². The lowest BCUT2D eigenvalue weighted by Gasteiger charge is -2.55. The van der Waals surface area contributed by atoms with Crippen molar-refractivity contribution in [3.8, 4) is 0 Å². The number of allylic oxidation sites excluding steroid dienone is 1. The maximum absolute atomic E-state index is 13.7. The standard InChI is InChI=1S/C26H36N2O/c1-25(2)15-21-6-5-17(16-28(3)4)10-22(21)23(27-25)11-24(29)26-12-18-7-19(13-26)9-20(8-18)14-26/h5-6,10-11,18-20,27H,7-9,12-16H2,1-4H3/b23-11-. The Kier molecular flexibility index (Phi) is 4.47. The van der Waals surface area contributed by atoms with Crippen molar-refractivity contribution in [1.82, 2.24) is 10.2 Å². The SMILES string of the molecule is CN(C)Cc1ccc2c(c1)/C(=C/C(=O)C13CC4CC(CC(C4)C1)C3)NC(C)(C)C2. The second-order valence-corrected chi connectivity index (χ2v) is 11.5. The van der Waals surface area contributed by atoms with Gasteiger partial charge in [0, 0.05) is 34.8 Å². The zero-order valence-electron chi connectivity index (χ0n) is 18.6. The van der Waals surface area contributed by atoms with Crippen LogP contribution in [0.1, 0.15) is 69.1 Å². The Labute approximate surface area is 175 Å². The largest absolute Gasteiger partial charge is 0.379 e. The van der Waals surface area contributed by atoms with Crippen molar-refractivity contribution in [2.75, 3.05) is 14.1 Å². The molecule has 4 aliphatic carbocycles. The van der Waals surface area contributed by atoms with Crippen molar-refractivity contribution in [3.05, 3.63) is 41.0 Å². The molecule has 4 fully saturated rings. The third-order valence-electron chi connectivity index (χ3n) is 7.91. The molecule has 1 aromatic rings. The van der Waals surface area contributed by atoms with Gasteiger partial charge in [0.1, 0.15) is 0 Å². The molecule has 1 N–H and O–H groups in total. The van der Waals surface area contributed by atoms with Gasteiger partial charge in [0.25, 0.3) is 0 Å². The molecular formula is C26H36N2O. The predicted octanol–water partition coefficient (Wildman–Crippen LogP) is 4.80. The second-order valence-electron chi connectivity index (χ2n) is 11.5. The molecular weight excluding hydrogens is 356 g/mol. The van der Waals surface area contributed by atoms with E-state index in [1.54, 1.807) is 0 Å². The molecule has 0 spiro atoms. The molecule has 29 heavy (non-hydrogen) atoms. The maximum Gasteiger partial charge on any atom is 0.163 e. The molecule has 0 amide bonds. The van der Waals surface area contributed by atoms with E-state index >= 15 is 0 Å². The van der Waals surface area contributed by atoms with E-state index in [1.807, 2.05) is 6.08 Å². The lowest BCUT2D eigenvalue weighted by molar-refractivity contribution is -0.138. The molecule has 3 heteroatoms. The highest BCUT2D eigenvalue weighted by Gasteiger charge is 2.54. The number of carbonyl (C=O) groups is 1. The summed E-state index contributed by atoms with van der Waals surface area (Å²) in [5, 5.41) is 3.72. The van der Waals surface area contributed by atoms with Gasteiger partial charge in [0.15, 0.2) is 5.78 Å². The summed E-state index contributed by atoms with van der Waals surface area (Å²) < 4.78 is 0. The molecule has 1 aliphatic heterocycles. The van der Waals surface area contributed by atoms with E-state index in [2.05, 4.69) is 56.4 Å². The molecule has 0 atom stereocenters. The molecule has 1 heterocycles. The average Bonchev–Trinajstić information content (AvgIpc) is 2.60. The number of fused-ring (bicyclic) bond motifs is 1. The molecule has 4 saturated carbocycles. The van der Waals surface area contributed by atoms with Crippen molar-refractivity contribution in [2.24, 2.45) is 23.2 Å². The van der Waals surface area contributed by atoms with Gasteiger partial charge in [-0.05, 0) is 108 Å². The Morgan fingerprint density at radius 2 is 1.72 bits per heavy atom. The van der Waals surface area contributed by atoms with Crippen LogP contribution in [-0.2, 0) is 17.8 Å². The van der Waals surface area contributed by atoms with E-state index in [4.69, 9.17) is 0 Å². The Hall–Kier alpha value is -1.61. The van der Waals surface area contributed by atoms with E-state index in [0.29, 0.717) is 5.78 Å². The highest BCUT2D eigenvalue weighted by atomic mass is 16.1. The molecule has 156 valence electrons. The lowest BCUT2D eigenvalue weighted by Crippen LogP contribution is -2.50. The summed E-state index contributed by atoms with van der Waals surface area (Å²) in [4.78, 5) is 15.9. The minimum Gasteiger partial charge on any atom is -0.379 e. The predicted molar refractivity (Wildman–Crippen MR) is 118 cm³/mol. The van der Waals surface area contributed by atoms with Crippen molar-refractivity contribution < 1.29 is 4.79 Å². The third kappa shape index (κ3) is 3.56. The summed E-state index contributed by atoms with van der Waals surface area (Å²) >= 11 is 0. The second kappa shape index (κ2) is 6.70. The molecule has 0 saturated heterocycles. The Morgan fingerprint density at radius 1 is 1.10 bits per heavy atom. The average molecular weight is 393 g/mol. The molecule has 1 aromatic carbocycles. The molecule has 4 bridgehead atoms. The maximum atomic E-state index is 13.7. The van der Waals surface area contributed by atoms with Crippen LogP contribution in [0.3, 0.4) is 0 Å². The number of nitrogens with one attached hydrogen (secondary N) is 1. The van der Waals surface area contributed by atoms with Crippen LogP contribution in [0.25, 0.3) is 5.70 Å². The normalized spacial score (nSPS) is 35.6. The fourth-order valence-corrected chi connectivity index (χ4v) is 7.25. The van der Waals surface area contributed by atoms with Crippen molar-refractivity contribution in [3.63, 3.8) is 0 Å². The van der Waals surface area contributed by atoms with Crippen LogP contribution in [0.15, 0.2) is 24.3 Å². The summed E-state index contributed by atoms with van der Waals surface area (Å²) in [6.07, 6.45) is 10.6. The van der Waals surface area contributed by atoms with Crippen molar-refractivity contribution in [1.29, 1.82) is 0 Å². The van der Waals surface area contributed by atoms with E-state index in [0.717, 1.165) is 55.7 Å². The lowest BCUT2D eigenvalue weighted by atomic mass is 9.48. The number of carbonyl (C=O) groups excluding carboxylic acids is 1. The molecule has 0 aromatic heterocycles. The van der Waals surface area contributed by atoms with Crippen molar-refractivity contribution in [2.45, 2.75) is 70.9 Å². The first-order chi connectivity index (χ1) is 13.7. The topological polar surface area (TPSA) is 32.3 Å². The van der Waals surface area contributed by atoms with Gasteiger partial charge in [-0.1, -0.05) is 12.1 Å². The molecule has 5 aliphatic rings. The van der Waals surface area contributed by atoms with Crippen LogP contribution in [0.4, 0.5) is 0 Å². The van der Waals surface area contributed by atoms with E-state index in [9.17, 15) is 4.79 Å². The summed E-state index contributed by atoms with van der Waals surface area (Å²) in [7, 11) is 4.21. The Morgan fingerprint density at radius 3 is 2.31 bits per heavy atom. The van der Waals surface area contributed by atoms with E-state index in [1.165, 1.54) is 36.0 Å². The fourth-order valence-electron chi connectivity index (χ4n) is 7.25. The molecule has 0 unspecified atom stereocenters. The van der Waals surface area contributed by atoms with Crippen LogP contribution in [0, 0.1) is 23.2 Å². The summed E-state index contributed by atoms with van der Waals surface area (Å²) in [5.74, 6) is 2.82. The van der Waals surface area contributed by atoms with Crippen LogP contribution >= 0.6 is 0 Å². The monoisotopic (exact) mass is 392 g/mol. The van der Waals surface area contributed by atoms with Crippen LogP contribution < -0.4 is 5.32 Å². The van der Waals surface area contributed by atoms with Gasteiger partial charge < -0.3 is 10.2 Å². The molecule has 0 radical (unpaired) electrons. The molecule has 6 rings (SSSR count). The minimum absolute atomic E-state index is 0.0242. The van der Waals surface area contributed by atoms with Gasteiger partial charge in [-0.25, -0.2) is 0 Å². The first kappa shape index (κ1) is 19.4. The molecule has 3 nitrogen and oxygen atoms in total. The highest BCUT2D eigenvalue weighted by molar-refractivity contribution is 6.01. The Bertz CT molecular complexity index is 828. The smallest absolute Gasteiger partial charge is 0.163 e. The van der Waals surface area contributed by atoms with E-state index in [-0.39, 0.29) is 11.0 Å².